The van der Waals surface area contributed by atoms with E-state index in [9.17, 15) is 4.79 Å². The van der Waals surface area contributed by atoms with Gasteiger partial charge in [-0.05, 0) is 40.8 Å². The standard InChI is InChI=1S/C13H8IN3OS/c14-10-5-7-12-15-8-3-1-2-4-9(8)17(12)6-11(18)16-13(7)19-10/h1-5H,6H2,(H,16,18). The summed E-state index contributed by atoms with van der Waals surface area (Å²) in [5.41, 5.74) is 2.94. The minimum absolute atomic E-state index is 0.00130. The number of nitrogens with zero attached hydrogens (tertiary/aromatic N) is 2. The van der Waals surface area contributed by atoms with Crippen molar-refractivity contribution >= 4 is 55.9 Å². The molecule has 3 aromatic rings. The Morgan fingerprint density at radius 2 is 2.21 bits per heavy atom. The first kappa shape index (κ1) is 11.4. The van der Waals surface area contributed by atoms with Crippen LogP contribution >= 0.6 is 33.9 Å². The fraction of sp³-hybridized carbons (Fsp3) is 0.0769. The molecule has 94 valence electrons. The van der Waals surface area contributed by atoms with Crippen LogP contribution in [0.15, 0.2) is 30.3 Å². The van der Waals surface area contributed by atoms with E-state index >= 15 is 0 Å². The second-order valence-corrected chi connectivity index (χ2v) is 7.30. The Morgan fingerprint density at radius 1 is 1.37 bits per heavy atom. The van der Waals surface area contributed by atoms with Crippen molar-refractivity contribution in [3.05, 3.63) is 33.2 Å². The van der Waals surface area contributed by atoms with Gasteiger partial charge >= 0.3 is 0 Å². The number of benzene rings is 1. The third-order valence-electron chi connectivity index (χ3n) is 3.15. The van der Waals surface area contributed by atoms with Crippen molar-refractivity contribution in [1.82, 2.24) is 9.55 Å². The number of amides is 1. The molecular formula is C13H8IN3OS. The molecule has 0 radical (unpaired) electrons. The summed E-state index contributed by atoms with van der Waals surface area (Å²) in [5.74, 6) is 0.870. The second kappa shape index (κ2) is 4.04. The van der Waals surface area contributed by atoms with E-state index in [0.717, 1.165) is 30.3 Å². The molecule has 4 rings (SSSR count). The number of nitrogens with one attached hydrogen (secondary N) is 1. The molecule has 0 saturated heterocycles. The molecule has 3 heterocycles. The van der Waals surface area contributed by atoms with E-state index in [2.05, 4.69) is 39.0 Å². The first-order valence-corrected chi connectivity index (χ1v) is 7.67. The Morgan fingerprint density at radius 3 is 3.11 bits per heavy atom. The topological polar surface area (TPSA) is 46.9 Å². The highest BCUT2D eigenvalue weighted by Crippen LogP contribution is 2.39. The molecule has 1 amide bonds. The van der Waals surface area contributed by atoms with Gasteiger partial charge < -0.3 is 9.88 Å². The highest BCUT2D eigenvalue weighted by atomic mass is 127. The fourth-order valence-corrected chi connectivity index (χ4v) is 4.14. The first-order chi connectivity index (χ1) is 9.22. The number of halogens is 1. The van der Waals surface area contributed by atoms with Crippen LogP contribution in [0.25, 0.3) is 22.4 Å². The summed E-state index contributed by atoms with van der Waals surface area (Å²) in [5, 5.41) is 3.85. The molecule has 1 aliphatic heterocycles. The van der Waals surface area contributed by atoms with Gasteiger partial charge in [0.15, 0.2) is 0 Å². The number of aromatic nitrogens is 2. The Balaban J connectivity index is 2.10. The van der Waals surface area contributed by atoms with Gasteiger partial charge in [-0.25, -0.2) is 4.98 Å². The van der Waals surface area contributed by atoms with Crippen LogP contribution in [0.4, 0.5) is 5.00 Å². The van der Waals surface area contributed by atoms with Crippen LogP contribution in [0.3, 0.4) is 0 Å². The SMILES string of the molecule is O=C1Cn2c(nc3ccccc32)-c2cc(I)sc2N1. The Labute approximate surface area is 126 Å². The van der Waals surface area contributed by atoms with E-state index < -0.39 is 0 Å². The summed E-state index contributed by atoms with van der Waals surface area (Å²) in [6, 6.07) is 9.99. The largest absolute Gasteiger partial charge is 0.315 e. The van der Waals surface area contributed by atoms with E-state index in [1.165, 1.54) is 0 Å². The number of rotatable bonds is 0. The molecule has 1 aromatic carbocycles. The minimum Gasteiger partial charge on any atom is -0.315 e. The van der Waals surface area contributed by atoms with Crippen LogP contribution in [-0.4, -0.2) is 15.5 Å². The zero-order valence-corrected chi connectivity index (χ0v) is 12.7. The smallest absolute Gasteiger partial charge is 0.245 e. The third-order valence-corrected chi connectivity index (χ3v) is 4.96. The minimum atomic E-state index is 0.00130. The van der Waals surface area contributed by atoms with Gasteiger partial charge in [0.05, 0.1) is 19.5 Å². The van der Waals surface area contributed by atoms with Crippen molar-refractivity contribution in [3.8, 4) is 11.4 Å². The number of carbonyl (C=O) groups is 1. The molecule has 0 aliphatic carbocycles. The molecule has 1 N–H and O–H groups in total. The highest BCUT2D eigenvalue weighted by Gasteiger charge is 2.23. The maximum Gasteiger partial charge on any atom is 0.245 e. The van der Waals surface area contributed by atoms with Crippen molar-refractivity contribution in [1.29, 1.82) is 0 Å². The van der Waals surface area contributed by atoms with Crippen molar-refractivity contribution in [2.45, 2.75) is 6.54 Å². The van der Waals surface area contributed by atoms with Crippen LogP contribution in [0.5, 0.6) is 0 Å². The van der Waals surface area contributed by atoms with Gasteiger partial charge in [-0.15, -0.1) is 11.3 Å². The lowest BCUT2D eigenvalue weighted by molar-refractivity contribution is -0.116. The van der Waals surface area contributed by atoms with Crippen LogP contribution in [0.1, 0.15) is 0 Å². The normalized spacial score (nSPS) is 13.8. The second-order valence-electron chi connectivity index (χ2n) is 4.35. The summed E-state index contributed by atoms with van der Waals surface area (Å²) in [6.07, 6.45) is 0. The fourth-order valence-electron chi connectivity index (χ4n) is 2.37. The van der Waals surface area contributed by atoms with Crippen molar-refractivity contribution < 1.29 is 4.79 Å². The predicted octanol–water partition coefficient (Wildman–Crippen LogP) is 3.32. The lowest BCUT2D eigenvalue weighted by Gasteiger charge is -2.02. The Hall–Kier alpha value is -1.41. The summed E-state index contributed by atoms with van der Waals surface area (Å²) in [6.45, 7) is 0.313. The van der Waals surface area contributed by atoms with E-state index in [0.29, 0.717) is 6.54 Å². The molecule has 0 atom stereocenters. The molecular weight excluding hydrogens is 373 g/mol. The number of anilines is 1. The van der Waals surface area contributed by atoms with E-state index in [1.807, 2.05) is 28.8 Å². The summed E-state index contributed by atoms with van der Waals surface area (Å²) < 4.78 is 3.13. The Bertz CT molecular complexity index is 821. The molecule has 4 nitrogen and oxygen atoms in total. The van der Waals surface area contributed by atoms with Gasteiger partial charge in [0.1, 0.15) is 17.4 Å². The summed E-state index contributed by atoms with van der Waals surface area (Å²) in [7, 11) is 0. The number of hydrogen-bond donors (Lipinski definition) is 1. The zero-order valence-electron chi connectivity index (χ0n) is 9.68. The molecule has 0 fully saturated rings. The lowest BCUT2D eigenvalue weighted by atomic mass is 10.3. The quantitative estimate of drug-likeness (QED) is 0.608. The van der Waals surface area contributed by atoms with Crippen molar-refractivity contribution in [2.75, 3.05) is 5.32 Å². The average Bonchev–Trinajstić information content (AvgIpc) is 2.88. The van der Waals surface area contributed by atoms with Crippen molar-refractivity contribution in [3.63, 3.8) is 0 Å². The zero-order chi connectivity index (χ0) is 13.0. The van der Waals surface area contributed by atoms with Crippen LogP contribution in [-0.2, 0) is 11.3 Å². The number of imidazole rings is 1. The molecule has 19 heavy (non-hydrogen) atoms. The molecule has 0 spiro atoms. The molecule has 2 aromatic heterocycles. The number of thiophene rings is 1. The molecule has 0 saturated carbocycles. The number of para-hydroxylation sites is 2. The average molecular weight is 381 g/mol. The maximum absolute atomic E-state index is 12.0. The van der Waals surface area contributed by atoms with E-state index in [1.54, 1.807) is 11.3 Å². The van der Waals surface area contributed by atoms with Gasteiger partial charge in [0.25, 0.3) is 0 Å². The predicted molar refractivity (Wildman–Crippen MR) is 84.4 cm³/mol. The van der Waals surface area contributed by atoms with Crippen LogP contribution < -0.4 is 5.32 Å². The maximum atomic E-state index is 12.0. The van der Waals surface area contributed by atoms with Crippen molar-refractivity contribution in [2.24, 2.45) is 0 Å². The first-order valence-electron chi connectivity index (χ1n) is 5.77. The van der Waals surface area contributed by atoms with Crippen LogP contribution in [0, 0.1) is 2.88 Å². The molecule has 1 aliphatic rings. The van der Waals surface area contributed by atoms with Gasteiger partial charge in [0.2, 0.25) is 5.91 Å². The van der Waals surface area contributed by atoms with Gasteiger partial charge in [0, 0.05) is 0 Å². The summed E-state index contributed by atoms with van der Waals surface area (Å²) >= 11 is 3.85. The molecule has 6 heteroatoms. The number of carbonyl (C=O) groups excluding carboxylic acids is 1. The van der Waals surface area contributed by atoms with Gasteiger partial charge in [-0.3, -0.25) is 4.79 Å². The van der Waals surface area contributed by atoms with E-state index in [4.69, 9.17) is 0 Å². The number of hydrogen-bond acceptors (Lipinski definition) is 3. The van der Waals surface area contributed by atoms with Gasteiger partial charge in [-0.2, -0.15) is 0 Å². The monoisotopic (exact) mass is 381 g/mol. The lowest BCUT2D eigenvalue weighted by Crippen LogP contribution is -2.15. The van der Waals surface area contributed by atoms with Crippen LogP contribution in [0.2, 0.25) is 0 Å². The Kier molecular flexibility index (Phi) is 2.43. The summed E-state index contributed by atoms with van der Waals surface area (Å²) in [4.78, 5) is 16.7. The highest BCUT2D eigenvalue weighted by molar-refractivity contribution is 14.1. The molecule has 0 bridgehead atoms. The third kappa shape index (κ3) is 1.70. The number of fused-ring (bicyclic) bond motifs is 5. The molecule has 0 unspecified atom stereocenters. The van der Waals surface area contributed by atoms with E-state index in [-0.39, 0.29) is 5.91 Å². The van der Waals surface area contributed by atoms with Gasteiger partial charge in [-0.1, -0.05) is 12.1 Å².